The number of ether oxygens (including phenoxy) is 2. The van der Waals surface area contributed by atoms with Crippen LogP contribution in [-0.4, -0.2) is 40.2 Å². The van der Waals surface area contributed by atoms with E-state index in [-0.39, 0.29) is 17.5 Å². The number of rotatable bonds is 7. The Morgan fingerprint density at radius 2 is 1.95 bits per heavy atom. The number of sulfone groups is 1. The van der Waals surface area contributed by atoms with Gasteiger partial charge in [-0.25, -0.2) is 8.42 Å². The molecule has 0 saturated heterocycles. The maximum Gasteiger partial charge on any atom is 0.161 e. The lowest BCUT2D eigenvalue weighted by molar-refractivity contribution is 0.171. The van der Waals surface area contributed by atoms with Gasteiger partial charge >= 0.3 is 0 Å². The summed E-state index contributed by atoms with van der Waals surface area (Å²) >= 11 is 0. The fourth-order valence-electron chi connectivity index (χ4n) is 2.41. The van der Waals surface area contributed by atoms with Crippen molar-refractivity contribution in [2.75, 3.05) is 31.8 Å². The third-order valence-electron chi connectivity index (χ3n) is 3.71. The zero-order valence-electron chi connectivity index (χ0n) is 12.6. The summed E-state index contributed by atoms with van der Waals surface area (Å²) in [5.74, 6) is 1.99. The number of hydrogen-bond acceptors (Lipinski definition) is 5. The highest BCUT2D eigenvalue weighted by Gasteiger charge is 2.17. The Labute approximate surface area is 126 Å². The summed E-state index contributed by atoms with van der Waals surface area (Å²) in [6, 6.07) is 6.01. The smallest absolute Gasteiger partial charge is 0.161 e. The summed E-state index contributed by atoms with van der Waals surface area (Å²) in [5, 5.41) is 3.24. The molecule has 2 rings (SSSR count). The predicted molar refractivity (Wildman–Crippen MR) is 82.8 cm³/mol. The van der Waals surface area contributed by atoms with Crippen LogP contribution in [0.25, 0.3) is 0 Å². The molecule has 1 aliphatic rings. The molecule has 1 aliphatic heterocycles. The van der Waals surface area contributed by atoms with Crippen molar-refractivity contribution in [1.82, 2.24) is 5.32 Å². The number of hydrogen-bond donors (Lipinski definition) is 1. The molecular formula is C15H23NO4S. The van der Waals surface area contributed by atoms with Gasteiger partial charge in [-0.1, -0.05) is 13.0 Å². The molecule has 0 radical (unpaired) electrons. The van der Waals surface area contributed by atoms with E-state index in [4.69, 9.17) is 9.47 Å². The van der Waals surface area contributed by atoms with Crippen molar-refractivity contribution in [3.63, 3.8) is 0 Å². The zero-order chi connectivity index (χ0) is 15.3. The van der Waals surface area contributed by atoms with Crippen LogP contribution in [0.3, 0.4) is 0 Å². The molecule has 118 valence electrons. The Bertz CT molecular complexity index is 571. The molecule has 1 unspecified atom stereocenters. The van der Waals surface area contributed by atoms with Crippen molar-refractivity contribution in [1.29, 1.82) is 0 Å². The largest absolute Gasteiger partial charge is 0.486 e. The van der Waals surface area contributed by atoms with Crippen molar-refractivity contribution in [2.45, 2.75) is 25.8 Å². The van der Waals surface area contributed by atoms with E-state index in [2.05, 4.69) is 5.32 Å². The first-order chi connectivity index (χ1) is 10.1. The van der Waals surface area contributed by atoms with E-state index in [0.29, 0.717) is 19.6 Å². The van der Waals surface area contributed by atoms with Crippen LogP contribution in [0.4, 0.5) is 0 Å². The van der Waals surface area contributed by atoms with Crippen LogP contribution in [0.1, 0.15) is 31.4 Å². The van der Waals surface area contributed by atoms with E-state index in [9.17, 15) is 8.42 Å². The minimum atomic E-state index is -2.89. The van der Waals surface area contributed by atoms with Gasteiger partial charge in [-0.3, -0.25) is 0 Å². The van der Waals surface area contributed by atoms with Gasteiger partial charge in [-0.15, -0.1) is 0 Å². The minimum Gasteiger partial charge on any atom is -0.486 e. The summed E-state index contributed by atoms with van der Waals surface area (Å²) < 4.78 is 34.2. The maximum atomic E-state index is 11.5. The summed E-state index contributed by atoms with van der Waals surface area (Å²) in [4.78, 5) is 0. The average Bonchev–Trinajstić information content (AvgIpc) is 2.51. The monoisotopic (exact) mass is 313 g/mol. The third kappa shape index (κ3) is 4.35. The van der Waals surface area contributed by atoms with Crippen LogP contribution in [0.15, 0.2) is 18.2 Å². The lowest BCUT2D eigenvalue weighted by Gasteiger charge is -2.22. The number of benzene rings is 1. The molecule has 1 N–H and O–H groups in total. The third-order valence-corrected chi connectivity index (χ3v) is 5.50. The summed E-state index contributed by atoms with van der Waals surface area (Å²) in [6.45, 7) is 2.83. The van der Waals surface area contributed by atoms with Crippen molar-refractivity contribution in [3.05, 3.63) is 23.8 Å². The second kappa shape index (κ2) is 7.13. The van der Waals surface area contributed by atoms with Crippen LogP contribution in [-0.2, 0) is 9.84 Å². The Balaban J connectivity index is 2.00. The molecule has 6 heteroatoms. The molecule has 0 fully saturated rings. The minimum absolute atomic E-state index is 0.118. The fraction of sp³-hybridized carbons (Fsp3) is 0.600. The van der Waals surface area contributed by atoms with Gasteiger partial charge in [0, 0.05) is 11.8 Å². The quantitative estimate of drug-likeness (QED) is 0.833. The Kier molecular flexibility index (Phi) is 5.47. The second-order valence-corrected chi connectivity index (χ2v) is 7.60. The molecular weight excluding hydrogens is 290 g/mol. The molecule has 0 aromatic heterocycles. The Morgan fingerprint density at radius 3 is 2.62 bits per heavy atom. The lowest BCUT2D eigenvalue weighted by Crippen LogP contribution is -2.20. The number of fused-ring (bicyclic) bond motifs is 1. The molecule has 1 aromatic carbocycles. The maximum absolute atomic E-state index is 11.5. The summed E-state index contributed by atoms with van der Waals surface area (Å²) in [5.41, 5.74) is 1.09. The normalized spacial score (nSPS) is 15.7. The molecule has 0 amide bonds. The van der Waals surface area contributed by atoms with Gasteiger partial charge in [-0.2, -0.15) is 0 Å². The van der Waals surface area contributed by atoms with Gasteiger partial charge in [0.25, 0.3) is 0 Å². The van der Waals surface area contributed by atoms with Gasteiger partial charge < -0.3 is 14.8 Å². The summed E-state index contributed by atoms with van der Waals surface area (Å²) in [6.07, 6.45) is 1.42. The van der Waals surface area contributed by atoms with Crippen LogP contribution < -0.4 is 14.8 Å². The van der Waals surface area contributed by atoms with Crippen molar-refractivity contribution < 1.29 is 17.9 Å². The standard InChI is InChI=1S/C15H23NO4S/c1-3-21(17,18)10-4-5-13(16-2)12-6-7-14-15(11-12)20-9-8-19-14/h6-7,11,13,16H,3-5,8-10H2,1-2H3. The second-order valence-electron chi connectivity index (χ2n) is 5.12. The Hall–Kier alpha value is -1.27. The van der Waals surface area contributed by atoms with Crippen LogP contribution >= 0.6 is 0 Å². The van der Waals surface area contributed by atoms with Crippen molar-refractivity contribution in [3.8, 4) is 11.5 Å². The highest BCUT2D eigenvalue weighted by molar-refractivity contribution is 7.91. The first-order valence-corrected chi connectivity index (χ1v) is 9.15. The van der Waals surface area contributed by atoms with Crippen LogP contribution in [0.5, 0.6) is 11.5 Å². The topological polar surface area (TPSA) is 64.6 Å². The molecule has 0 aliphatic carbocycles. The first-order valence-electron chi connectivity index (χ1n) is 7.33. The van der Waals surface area contributed by atoms with Gasteiger partial charge in [0.15, 0.2) is 11.5 Å². The highest BCUT2D eigenvalue weighted by atomic mass is 32.2. The fourth-order valence-corrected chi connectivity index (χ4v) is 3.30. The molecule has 1 heterocycles. The molecule has 1 atom stereocenters. The molecule has 0 bridgehead atoms. The SMILES string of the molecule is CCS(=O)(=O)CCCC(NC)c1ccc2c(c1)OCCO2. The molecule has 1 aromatic rings. The van der Waals surface area contributed by atoms with Gasteiger partial charge in [0.1, 0.15) is 23.1 Å². The lowest BCUT2D eigenvalue weighted by atomic mass is 10.0. The van der Waals surface area contributed by atoms with Gasteiger partial charge in [0.2, 0.25) is 0 Å². The van der Waals surface area contributed by atoms with E-state index in [1.807, 2.05) is 25.2 Å². The van der Waals surface area contributed by atoms with E-state index in [1.54, 1.807) is 6.92 Å². The Morgan fingerprint density at radius 1 is 1.24 bits per heavy atom. The van der Waals surface area contributed by atoms with Crippen molar-refractivity contribution >= 4 is 9.84 Å². The number of nitrogens with one attached hydrogen (secondary N) is 1. The van der Waals surface area contributed by atoms with Crippen LogP contribution in [0.2, 0.25) is 0 Å². The first kappa shape index (κ1) is 16.1. The van der Waals surface area contributed by atoms with E-state index in [0.717, 1.165) is 23.5 Å². The molecule has 21 heavy (non-hydrogen) atoms. The zero-order valence-corrected chi connectivity index (χ0v) is 13.4. The van der Waals surface area contributed by atoms with E-state index >= 15 is 0 Å². The van der Waals surface area contributed by atoms with Gasteiger partial charge in [0.05, 0.1) is 5.75 Å². The predicted octanol–water partition coefficient (Wildman–Crippen LogP) is 1.93. The van der Waals surface area contributed by atoms with Crippen LogP contribution in [0, 0.1) is 0 Å². The average molecular weight is 313 g/mol. The molecule has 5 nitrogen and oxygen atoms in total. The molecule has 0 saturated carbocycles. The van der Waals surface area contributed by atoms with E-state index < -0.39 is 9.84 Å². The molecule has 0 spiro atoms. The van der Waals surface area contributed by atoms with Gasteiger partial charge in [-0.05, 0) is 37.6 Å². The van der Waals surface area contributed by atoms with E-state index in [1.165, 1.54) is 0 Å². The van der Waals surface area contributed by atoms with Crippen molar-refractivity contribution in [2.24, 2.45) is 0 Å². The highest BCUT2D eigenvalue weighted by Crippen LogP contribution is 2.33. The summed E-state index contributed by atoms with van der Waals surface area (Å²) in [7, 11) is -1.01.